The molecule has 0 bridgehead atoms. The van der Waals surface area contributed by atoms with Crippen LogP contribution in [-0.2, 0) is 16.1 Å². The van der Waals surface area contributed by atoms with E-state index < -0.39 is 6.04 Å². The van der Waals surface area contributed by atoms with Gasteiger partial charge in [-0.15, -0.1) is 0 Å². The number of hydrogen-bond donors (Lipinski definition) is 2. The van der Waals surface area contributed by atoms with E-state index in [1.165, 1.54) is 13.2 Å². The molecule has 2 aliphatic rings. The molecule has 0 spiro atoms. The van der Waals surface area contributed by atoms with Crippen LogP contribution in [0.15, 0.2) is 12.1 Å². The molecule has 0 radical (unpaired) electrons. The summed E-state index contributed by atoms with van der Waals surface area (Å²) < 4.78 is 5.02. The van der Waals surface area contributed by atoms with Crippen molar-refractivity contribution in [1.82, 2.24) is 4.90 Å². The van der Waals surface area contributed by atoms with Gasteiger partial charge in [0.1, 0.15) is 6.04 Å². The van der Waals surface area contributed by atoms with Crippen LogP contribution in [0.1, 0.15) is 18.4 Å². The standard InChI is InChI=1S/C13H14N2O4/c1-19-11-5-8-7(4-10(11)16)6-15-9(13(18)14-8)2-3-12(15)17/h4-5,9,16H,2-3,6H2,1H3,(H,14,18)/t9-/m1/s1. The molecule has 0 aliphatic carbocycles. The Kier molecular flexibility index (Phi) is 2.58. The number of phenols is 1. The second kappa shape index (κ2) is 4.15. The summed E-state index contributed by atoms with van der Waals surface area (Å²) in [5, 5.41) is 12.6. The number of nitrogens with one attached hydrogen (secondary N) is 1. The summed E-state index contributed by atoms with van der Waals surface area (Å²) in [4.78, 5) is 25.4. The Labute approximate surface area is 110 Å². The Bertz CT molecular complexity index is 570. The number of aromatic hydroxyl groups is 1. The number of benzene rings is 1. The third-order valence-corrected chi connectivity index (χ3v) is 3.63. The normalized spacial score (nSPS) is 21.5. The van der Waals surface area contributed by atoms with Crippen molar-refractivity contribution in [2.24, 2.45) is 0 Å². The van der Waals surface area contributed by atoms with Gasteiger partial charge in [0.05, 0.1) is 7.11 Å². The van der Waals surface area contributed by atoms with Crippen molar-refractivity contribution in [3.8, 4) is 11.5 Å². The molecule has 2 N–H and O–H groups in total. The third-order valence-electron chi connectivity index (χ3n) is 3.63. The molecule has 0 unspecified atom stereocenters. The molecule has 1 saturated heterocycles. The predicted octanol–water partition coefficient (Wildman–Crippen LogP) is 0.844. The van der Waals surface area contributed by atoms with Crippen molar-refractivity contribution < 1.29 is 19.4 Å². The highest BCUT2D eigenvalue weighted by Gasteiger charge is 2.38. The van der Waals surface area contributed by atoms with E-state index in [0.717, 1.165) is 0 Å². The molecule has 1 aromatic rings. The maximum absolute atomic E-state index is 12.1. The number of carbonyl (C=O) groups is 2. The summed E-state index contributed by atoms with van der Waals surface area (Å²) in [5.74, 6) is 0.0914. The number of carbonyl (C=O) groups excluding carboxylic acids is 2. The molecule has 2 aliphatic heterocycles. The van der Waals surface area contributed by atoms with Crippen LogP contribution in [0.4, 0.5) is 5.69 Å². The fourth-order valence-electron chi connectivity index (χ4n) is 2.63. The fraction of sp³-hybridized carbons (Fsp3) is 0.385. The van der Waals surface area contributed by atoms with E-state index in [1.54, 1.807) is 11.0 Å². The van der Waals surface area contributed by atoms with Gasteiger partial charge < -0.3 is 20.1 Å². The molecule has 2 heterocycles. The first-order valence-corrected chi connectivity index (χ1v) is 6.10. The summed E-state index contributed by atoms with van der Waals surface area (Å²) in [6.07, 6.45) is 0.942. The zero-order chi connectivity index (χ0) is 13.6. The van der Waals surface area contributed by atoms with Crippen molar-refractivity contribution in [3.05, 3.63) is 17.7 Å². The molecule has 1 aromatic carbocycles. The highest BCUT2D eigenvalue weighted by atomic mass is 16.5. The van der Waals surface area contributed by atoms with Crippen LogP contribution in [0.3, 0.4) is 0 Å². The summed E-state index contributed by atoms with van der Waals surface area (Å²) in [7, 11) is 1.45. The molecule has 6 heteroatoms. The Balaban J connectivity index is 2.05. The summed E-state index contributed by atoms with van der Waals surface area (Å²) in [5.41, 5.74) is 1.30. The minimum atomic E-state index is -0.409. The predicted molar refractivity (Wildman–Crippen MR) is 66.9 cm³/mol. The van der Waals surface area contributed by atoms with Gasteiger partial charge in [-0.1, -0.05) is 0 Å². The van der Waals surface area contributed by atoms with E-state index in [2.05, 4.69) is 5.32 Å². The van der Waals surface area contributed by atoms with E-state index in [-0.39, 0.29) is 17.6 Å². The second-order valence-corrected chi connectivity index (χ2v) is 4.75. The molecule has 0 aromatic heterocycles. The van der Waals surface area contributed by atoms with Crippen molar-refractivity contribution in [2.45, 2.75) is 25.4 Å². The number of methoxy groups -OCH3 is 1. The first-order chi connectivity index (χ1) is 9.10. The number of amides is 2. The summed E-state index contributed by atoms with van der Waals surface area (Å²) in [6.45, 7) is 0.328. The van der Waals surface area contributed by atoms with Crippen molar-refractivity contribution >= 4 is 17.5 Å². The van der Waals surface area contributed by atoms with E-state index >= 15 is 0 Å². The van der Waals surface area contributed by atoms with Gasteiger partial charge in [0.15, 0.2) is 11.5 Å². The lowest BCUT2D eigenvalue weighted by molar-refractivity contribution is -0.133. The zero-order valence-electron chi connectivity index (χ0n) is 10.5. The first-order valence-electron chi connectivity index (χ1n) is 6.10. The van der Waals surface area contributed by atoms with Gasteiger partial charge in [-0.25, -0.2) is 0 Å². The largest absolute Gasteiger partial charge is 0.504 e. The molecule has 1 fully saturated rings. The Morgan fingerprint density at radius 2 is 2.21 bits per heavy atom. The first kappa shape index (κ1) is 11.8. The maximum atomic E-state index is 12.1. The minimum absolute atomic E-state index is 0.000551. The van der Waals surface area contributed by atoms with Gasteiger partial charge in [-0.2, -0.15) is 0 Å². The average molecular weight is 262 g/mol. The van der Waals surface area contributed by atoms with Gasteiger partial charge in [-0.3, -0.25) is 9.59 Å². The number of rotatable bonds is 1. The third kappa shape index (κ3) is 1.80. The van der Waals surface area contributed by atoms with Crippen molar-refractivity contribution in [1.29, 1.82) is 0 Å². The smallest absolute Gasteiger partial charge is 0.247 e. The van der Waals surface area contributed by atoms with E-state index in [1.807, 2.05) is 0 Å². The molecule has 1 atom stereocenters. The van der Waals surface area contributed by atoms with E-state index in [0.29, 0.717) is 36.4 Å². The number of fused-ring (bicyclic) bond motifs is 2. The van der Waals surface area contributed by atoms with Crippen LogP contribution in [0, 0.1) is 0 Å². The lowest BCUT2D eigenvalue weighted by Gasteiger charge is -2.20. The van der Waals surface area contributed by atoms with Crippen LogP contribution in [0.25, 0.3) is 0 Å². The number of anilines is 1. The number of hydrogen-bond acceptors (Lipinski definition) is 4. The fourth-order valence-corrected chi connectivity index (χ4v) is 2.63. The van der Waals surface area contributed by atoms with Crippen molar-refractivity contribution in [2.75, 3.05) is 12.4 Å². The van der Waals surface area contributed by atoms with Crippen LogP contribution in [-0.4, -0.2) is 35.0 Å². The summed E-state index contributed by atoms with van der Waals surface area (Å²) in [6, 6.07) is 2.70. The molecular weight excluding hydrogens is 248 g/mol. The van der Waals surface area contributed by atoms with Gasteiger partial charge in [0.2, 0.25) is 11.8 Å². The highest BCUT2D eigenvalue weighted by Crippen LogP contribution is 2.36. The van der Waals surface area contributed by atoms with Crippen molar-refractivity contribution in [3.63, 3.8) is 0 Å². The van der Waals surface area contributed by atoms with Crippen LogP contribution in [0.5, 0.6) is 11.5 Å². The number of ether oxygens (including phenoxy) is 1. The van der Waals surface area contributed by atoms with E-state index in [9.17, 15) is 14.7 Å². The van der Waals surface area contributed by atoms with E-state index in [4.69, 9.17) is 4.74 Å². The van der Waals surface area contributed by atoms with Crippen LogP contribution < -0.4 is 10.1 Å². The minimum Gasteiger partial charge on any atom is -0.504 e. The number of phenolic OH excluding ortho intramolecular Hbond substituents is 1. The molecule has 100 valence electrons. The quantitative estimate of drug-likeness (QED) is 0.735. The monoisotopic (exact) mass is 262 g/mol. The molecule has 19 heavy (non-hydrogen) atoms. The molecule has 2 amide bonds. The maximum Gasteiger partial charge on any atom is 0.247 e. The lowest BCUT2D eigenvalue weighted by Crippen LogP contribution is -2.38. The molecular formula is C13H14N2O4. The van der Waals surface area contributed by atoms with Gasteiger partial charge in [0, 0.05) is 24.7 Å². The van der Waals surface area contributed by atoms with Gasteiger partial charge in [0.25, 0.3) is 0 Å². The highest BCUT2D eigenvalue weighted by molar-refractivity contribution is 6.00. The topological polar surface area (TPSA) is 78.9 Å². The molecule has 0 saturated carbocycles. The van der Waals surface area contributed by atoms with Gasteiger partial charge >= 0.3 is 0 Å². The Morgan fingerprint density at radius 1 is 1.42 bits per heavy atom. The zero-order valence-corrected chi connectivity index (χ0v) is 10.5. The molecule has 3 rings (SSSR count). The van der Waals surface area contributed by atoms with Gasteiger partial charge in [-0.05, 0) is 18.1 Å². The molecule has 6 nitrogen and oxygen atoms in total. The SMILES string of the molecule is COc1cc2c(cc1O)CN1C(=O)CC[C@@H]1C(=O)N2. The van der Waals surface area contributed by atoms with Crippen LogP contribution in [0.2, 0.25) is 0 Å². The van der Waals surface area contributed by atoms with Crippen LogP contribution >= 0.6 is 0 Å². The summed E-state index contributed by atoms with van der Waals surface area (Å²) >= 11 is 0. The average Bonchev–Trinajstić information content (AvgIpc) is 2.67. The second-order valence-electron chi connectivity index (χ2n) is 4.75. The number of nitrogens with zero attached hydrogens (tertiary/aromatic N) is 1. The Morgan fingerprint density at radius 3 is 2.95 bits per heavy atom. The Hall–Kier alpha value is -2.24. The lowest BCUT2D eigenvalue weighted by atomic mass is 10.1.